The molecule has 2 aromatic rings. The van der Waals surface area contributed by atoms with Crippen LogP contribution in [0.4, 0.5) is 0 Å². The first kappa shape index (κ1) is 10.5. The van der Waals surface area contributed by atoms with E-state index in [0.29, 0.717) is 0 Å². The van der Waals surface area contributed by atoms with Gasteiger partial charge in [-0.25, -0.2) is 4.98 Å². The van der Waals surface area contributed by atoms with E-state index < -0.39 is 0 Å². The van der Waals surface area contributed by atoms with Crippen molar-refractivity contribution >= 4 is 5.57 Å². The first-order valence-corrected chi connectivity index (χ1v) is 5.06. The fourth-order valence-corrected chi connectivity index (χ4v) is 1.72. The highest BCUT2D eigenvalue weighted by molar-refractivity contribution is 5.77. The minimum atomic E-state index is 0.788. The summed E-state index contributed by atoms with van der Waals surface area (Å²) in [7, 11) is 1.67. The van der Waals surface area contributed by atoms with Crippen LogP contribution in [0.5, 0.6) is 5.75 Å². The van der Waals surface area contributed by atoms with E-state index in [2.05, 4.69) is 16.5 Å². The number of imidazole rings is 1. The Bertz CT molecular complexity index is 501. The average Bonchev–Trinajstić information content (AvgIpc) is 2.82. The smallest absolute Gasteiger partial charge is 0.137 e. The third-order valence-electron chi connectivity index (χ3n) is 2.61. The van der Waals surface area contributed by atoms with Crippen molar-refractivity contribution in [3.63, 3.8) is 0 Å². The molecule has 0 saturated carbocycles. The molecule has 0 spiro atoms. The molecular weight excluding hydrogens is 200 g/mol. The molecule has 0 aliphatic carbocycles. The summed E-state index contributed by atoms with van der Waals surface area (Å²) in [6, 6.07) is 5.91. The van der Waals surface area contributed by atoms with Crippen molar-refractivity contribution in [1.82, 2.24) is 9.97 Å². The summed E-state index contributed by atoms with van der Waals surface area (Å²) in [4.78, 5) is 7.24. The predicted octanol–water partition coefficient (Wildman–Crippen LogP) is 2.79. The minimum Gasteiger partial charge on any atom is -0.496 e. The van der Waals surface area contributed by atoms with Crippen LogP contribution in [0.2, 0.25) is 0 Å². The van der Waals surface area contributed by atoms with Crippen LogP contribution in [0.3, 0.4) is 0 Å². The van der Waals surface area contributed by atoms with Gasteiger partial charge in [0.15, 0.2) is 0 Å². The number of nitrogens with one attached hydrogen (secondary N) is 1. The third-order valence-corrected chi connectivity index (χ3v) is 2.61. The Morgan fingerprint density at radius 1 is 1.44 bits per heavy atom. The molecular formula is C13H14N2O. The summed E-state index contributed by atoms with van der Waals surface area (Å²) in [5.41, 5.74) is 3.00. The standard InChI is InChI=1S/C13H14N2O/c1-9-11(5-4-6-12(9)16-3)10(2)13-14-7-8-15-13/h4-8H,2H2,1,3H3,(H,14,15). The van der Waals surface area contributed by atoms with E-state index in [-0.39, 0.29) is 0 Å². The second-order valence-electron chi connectivity index (χ2n) is 3.55. The molecule has 1 N–H and O–H groups in total. The summed E-state index contributed by atoms with van der Waals surface area (Å²) < 4.78 is 5.28. The summed E-state index contributed by atoms with van der Waals surface area (Å²) >= 11 is 0. The Labute approximate surface area is 94.8 Å². The second-order valence-corrected chi connectivity index (χ2v) is 3.55. The van der Waals surface area contributed by atoms with Gasteiger partial charge >= 0.3 is 0 Å². The molecule has 1 aromatic carbocycles. The monoisotopic (exact) mass is 214 g/mol. The SMILES string of the molecule is C=C(c1ncc[nH]1)c1cccc(OC)c1C. The summed E-state index contributed by atoms with van der Waals surface area (Å²) in [6.07, 6.45) is 3.51. The molecule has 1 heterocycles. The molecule has 0 aliphatic heterocycles. The Morgan fingerprint density at radius 3 is 2.88 bits per heavy atom. The van der Waals surface area contributed by atoms with E-state index in [1.807, 2.05) is 25.1 Å². The van der Waals surface area contributed by atoms with Crippen molar-refractivity contribution in [1.29, 1.82) is 0 Å². The first-order chi connectivity index (χ1) is 7.74. The van der Waals surface area contributed by atoms with Gasteiger partial charge in [0.2, 0.25) is 0 Å². The van der Waals surface area contributed by atoms with Crippen LogP contribution in [0, 0.1) is 6.92 Å². The van der Waals surface area contributed by atoms with Gasteiger partial charge in [0.05, 0.1) is 7.11 Å². The normalized spacial score (nSPS) is 10.1. The zero-order valence-corrected chi connectivity index (χ0v) is 9.45. The van der Waals surface area contributed by atoms with Crippen LogP contribution in [-0.2, 0) is 0 Å². The van der Waals surface area contributed by atoms with Gasteiger partial charge < -0.3 is 9.72 Å². The van der Waals surface area contributed by atoms with Crippen LogP contribution in [0.15, 0.2) is 37.2 Å². The number of rotatable bonds is 3. The van der Waals surface area contributed by atoms with E-state index in [1.54, 1.807) is 19.5 Å². The zero-order valence-electron chi connectivity index (χ0n) is 9.45. The number of nitrogens with zero attached hydrogens (tertiary/aromatic N) is 1. The number of ether oxygens (including phenoxy) is 1. The number of hydrogen-bond donors (Lipinski definition) is 1. The number of H-pyrrole nitrogens is 1. The Balaban J connectivity index is 2.45. The van der Waals surface area contributed by atoms with Crippen LogP contribution in [-0.4, -0.2) is 17.1 Å². The van der Waals surface area contributed by atoms with Gasteiger partial charge in [0.1, 0.15) is 11.6 Å². The van der Waals surface area contributed by atoms with Crippen LogP contribution < -0.4 is 4.74 Å². The molecule has 82 valence electrons. The van der Waals surface area contributed by atoms with E-state index >= 15 is 0 Å². The fourth-order valence-electron chi connectivity index (χ4n) is 1.72. The van der Waals surface area contributed by atoms with Crippen molar-refractivity contribution in [2.24, 2.45) is 0 Å². The zero-order chi connectivity index (χ0) is 11.5. The molecule has 0 radical (unpaired) electrons. The van der Waals surface area contributed by atoms with E-state index in [1.165, 1.54) is 0 Å². The molecule has 0 aliphatic rings. The highest BCUT2D eigenvalue weighted by Gasteiger charge is 2.10. The van der Waals surface area contributed by atoms with Gasteiger partial charge in [-0.15, -0.1) is 0 Å². The molecule has 1 aromatic heterocycles. The van der Waals surface area contributed by atoms with E-state index in [9.17, 15) is 0 Å². The highest BCUT2D eigenvalue weighted by Crippen LogP contribution is 2.28. The fraction of sp³-hybridized carbons (Fsp3) is 0.154. The molecule has 0 amide bonds. The maximum absolute atomic E-state index is 5.28. The van der Waals surface area contributed by atoms with Gasteiger partial charge in [0, 0.05) is 18.0 Å². The lowest BCUT2D eigenvalue weighted by molar-refractivity contribution is 0.411. The average molecular weight is 214 g/mol. The van der Waals surface area contributed by atoms with Crippen LogP contribution >= 0.6 is 0 Å². The van der Waals surface area contributed by atoms with Gasteiger partial charge in [-0.1, -0.05) is 18.7 Å². The minimum absolute atomic E-state index is 0.788. The largest absolute Gasteiger partial charge is 0.496 e. The van der Waals surface area contributed by atoms with E-state index in [0.717, 1.165) is 28.3 Å². The maximum Gasteiger partial charge on any atom is 0.137 e. The van der Waals surface area contributed by atoms with Gasteiger partial charge in [-0.3, -0.25) is 0 Å². The topological polar surface area (TPSA) is 37.9 Å². The van der Waals surface area contributed by atoms with Crippen molar-refractivity contribution in [2.45, 2.75) is 6.92 Å². The van der Waals surface area contributed by atoms with Gasteiger partial charge in [-0.05, 0) is 24.1 Å². The molecule has 0 bridgehead atoms. The summed E-state index contributed by atoms with van der Waals surface area (Å²) in [5, 5.41) is 0. The molecule has 16 heavy (non-hydrogen) atoms. The second kappa shape index (κ2) is 4.23. The molecule has 3 nitrogen and oxygen atoms in total. The predicted molar refractivity (Wildman–Crippen MR) is 64.5 cm³/mol. The highest BCUT2D eigenvalue weighted by atomic mass is 16.5. The summed E-state index contributed by atoms with van der Waals surface area (Å²) in [5.74, 6) is 1.65. The van der Waals surface area contributed by atoms with Gasteiger partial charge in [0.25, 0.3) is 0 Å². The lowest BCUT2D eigenvalue weighted by Gasteiger charge is -2.10. The third kappa shape index (κ3) is 1.72. The van der Waals surface area contributed by atoms with E-state index in [4.69, 9.17) is 4.74 Å². The Hall–Kier alpha value is -2.03. The van der Waals surface area contributed by atoms with Crippen molar-refractivity contribution in [3.8, 4) is 5.75 Å². The van der Waals surface area contributed by atoms with Crippen molar-refractivity contribution in [3.05, 3.63) is 54.1 Å². The quantitative estimate of drug-likeness (QED) is 0.853. The summed E-state index contributed by atoms with van der Waals surface area (Å²) in [6.45, 7) is 6.07. The van der Waals surface area contributed by atoms with Crippen molar-refractivity contribution in [2.75, 3.05) is 7.11 Å². The molecule has 0 unspecified atom stereocenters. The maximum atomic E-state index is 5.28. The lowest BCUT2D eigenvalue weighted by atomic mass is 10.0. The number of benzene rings is 1. The molecule has 0 saturated heterocycles. The number of hydrogen-bond acceptors (Lipinski definition) is 2. The molecule has 0 atom stereocenters. The van der Waals surface area contributed by atoms with Gasteiger partial charge in [-0.2, -0.15) is 0 Å². The molecule has 2 rings (SSSR count). The molecule has 3 heteroatoms. The number of methoxy groups -OCH3 is 1. The number of aromatic nitrogens is 2. The Morgan fingerprint density at radius 2 is 2.25 bits per heavy atom. The lowest BCUT2D eigenvalue weighted by Crippen LogP contribution is -1.95. The van der Waals surface area contributed by atoms with Crippen LogP contribution in [0.1, 0.15) is 17.0 Å². The molecule has 0 fully saturated rings. The number of aromatic amines is 1. The Kier molecular flexibility index (Phi) is 2.77. The van der Waals surface area contributed by atoms with Crippen molar-refractivity contribution < 1.29 is 4.74 Å². The first-order valence-electron chi connectivity index (χ1n) is 5.06. The van der Waals surface area contributed by atoms with Crippen LogP contribution in [0.25, 0.3) is 5.57 Å².